The molecule has 0 aliphatic carbocycles. The minimum absolute atomic E-state index is 0.216. The zero-order chi connectivity index (χ0) is 14.0. The first-order valence-electron chi connectivity index (χ1n) is 7.16. The molecule has 0 bridgehead atoms. The van der Waals surface area contributed by atoms with E-state index in [2.05, 4.69) is 59.8 Å². The van der Waals surface area contributed by atoms with E-state index < -0.39 is 0 Å². The summed E-state index contributed by atoms with van der Waals surface area (Å²) in [5.74, 6) is 0. The van der Waals surface area contributed by atoms with Crippen LogP contribution in [-0.4, -0.2) is 19.1 Å². The molecule has 2 rings (SSSR count). The van der Waals surface area contributed by atoms with Crippen LogP contribution in [0.2, 0.25) is 0 Å². The minimum Gasteiger partial charge on any atom is -0.371 e. The van der Waals surface area contributed by atoms with Crippen molar-refractivity contribution in [2.75, 3.05) is 18.0 Å². The summed E-state index contributed by atoms with van der Waals surface area (Å²) in [6, 6.07) is 6.88. The Kier molecular flexibility index (Phi) is 4.57. The number of nitrogens with two attached hydrogens (primary N) is 1. The Morgan fingerprint density at radius 3 is 2.47 bits per heavy atom. The monoisotopic (exact) mass is 324 g/mol. The fourth-order valence-corrected chi connectivity index (χ4v) is 3.34. The Morgan fingerprint density at radius 2 is 1.95 bits per heavy atom. The Labute approximate surface area is 125 Å². The minimum atomic E-state index is 0.216. The molecule has 1 aliphatic rings. The van der Waals surface area contributed by atoms with E-state index in [1.54, 1.807) is 0 Å². The number of nitrogens with zero attached hydrogens (tertiary/aromatic N) is 1. The van der Waals surface area contributed by atoms with Gasteiger partial charge in [-0.1, -0.05) is 19.9 Å². The Balaban J connectivity index is 2.09. The van der Waals surface area contributed by atoms with E-state index in [1.165, 1.54) is 28.6 Å². The van der Waals surface area contributed by atoms with Crippen molar-refractivity contribution in [3.8, 4) is 0 Å². The van der Waals surface area contributed by atoms with Crippen LogP contribution in [0.15, 0.2) is 22.7 Å². The lowest BCUT2D eigenvalue weighted by molar-refractivity contribution is 0.279. The lowest BCUT2D eigenvalue weighted by Gasteiger charge is -2.38. The van der Waals surface area contributed by atoms with Gasteiger partial charge in [-0.2, -0.15) is 0 Å². The molecule has 1 fully saturated rings. The average Bonchev–Trinajstić information content (AvgIpc) is 2.29. The molecule has 1 aromatic carbocycles. The number of rotatable bonds is 3. The third kappa shape index (κ3) is 3.96. The van der Waals surface area contributed by atoms with E-state index in [0.717, 1.165) is 19.5 Å². The molecule has 1 heterocycles. The van der Waals surface area contributed by atoms with Crippen molar-refractivity contribution < 1.29 is 0 Å². The van der Waals surface area contributed by atoms with E-state index in [1.807, 2.05) is 0 Å². The van der Waals surface area contributed by atoms with Crippen molar-refractivity contribution in [1.82, 2.24) is 0 Å². The molecule has 0 aromatic heterocycles. The smallest absolute Gasteiger partial charge is 0.0510 e. The molecule has 1 saturated heterocycles. The Bertz CT molecular complexity index is 430. The molecule has 0 radical (unpaired) electrons. The lowest BCUT2D eigenvalue weighted by Crippen LogP contribution is -2.37. The highest BCUT2D eigenvalue weighted by atomic mass is 79.9. The van der Waals surface area contributed by atoms with Gasteiger partial charge in [-0.3, -0.25) is 0 Å². The molecule has 0 spiro atoms. The highest BCUT2D eigenvalue weighted by molar-refractivity contribution is 9.10. The van der Waals surface area contributed by atoms with Crippen molar-refractivity contribution in [1.29, 1.82) is 0 Å². The van der Waals surface area contributed by atoms with Gasteiger partial charge in [0, 0.05) is 23.6 Å². The molecule has 2 nitrogen and oxygen atoms in total. The van der Waals surface area contributed by atoms with Gasteiger partial charge in [-0.15, -0.1) is 0 Å². The highest BCUT2D eigenvalue weighted by Gasteiger charge is 2.26. The summed E-state index contributed by atoms with van der Waals surface area (Å²) in [6.45, 7) is 9.08. The molecule has 0 amide bonds. The summed E-state index contributed by atoms with van der Waals surface area (Å²) >= 11 is 3.72. The number of hydrogen-bond donors (Lipinski definition) is 1. The predicted octanol–water partition coefficient (Wildman–Crippen LogP) is 3.97. The van der Waals surface area contributed by atoms with E-state index in [4.69, 9.17) is 5.73 Å². The fraction of sp³-hybridized carbons (Fsp3) is 0.625. The van der Waals surface area contributed by atoms with Crippen molar-refractivity contribution >= 4 is 21.6 Å². The molecule has 106 valence electrons. The quantitative estimate of drug-likeness (QED) is 0.911. The zero-order valence-electron chi connectivity index (χ0n) is 12.2. The summed E-state index contributed by atoms with van der Waals surface area (Å²) in [6.07, 6.45) is 3.47. The van der Waals surface area contributed by atoms with Gasteiger partial charge in [0.05, 0.1) is 5.69 Å². The number of hydrogen-bond acceptors (Lipinski definition) is 2. The molecule has 1 atom stereocenters. The molecule has 0 saturated carbocycles. The zero-order valence-corrected chi connectivity index (χ0v) is 13.8. The fourth-order valence-electron chi connectivity index (χ4n) is 2.66. The largest absolute Gasteiger partial charge is 0.371 e. The maximum absolute atomic E-state index is 5.86. The van der Waals surface area contributed by atoms with Crippen LogP contribution in [0, 0.1) is 5.41 Å². The maximum atomic E-state index is 5.86. The van der Waals surface area contributed by atoms with Crippen molar-refractivity contribution in [2.45, 2.75) is 46.1 Å². The number of halogens is 1. The summed E-state index contributed by atoms with van der Waals surface area (Å²) < 4.78 is 1.20. The summed E-state index contributed by atoms with van der Waals surface area (Å²) in [5.41, 5.74) is 8.99. The first-order chi connectivity index (χ1) is 8.87. The van der Waals surface area contributed by atoms with Gasteiger partial charge < -0.3 is 10.6 Å². The van der Waals surface area contributed by atoms with Gasteiger partial charge in [-0.25, -0.2) is 0 Å². The second-order valence-corrected chi connectivity index (χ2v) is 7.47. The topological polar surface area (TPSA) is 29.3 Å². The molecule has 19 heavy (non-hydrogen) atoms. The standard InChI is InChI=1S/C16H25BrN2/c1-12(18)10-13-4-5-15(14(17)11-13)19-8-6-16(2,3)7-9-19/h4-5,11-12H,6-10,18H2,1-3H3. The van der Waals surface area contributed by atoms with Crippen molar-refractivity contribution in [3.63, 3.8) is 0 Å². The molecule has 3 heteroatoms. The second kappa shape index (κ2) is 5.84. The summed E-state index contributed by atoms with van der Waals surface area (Å²) in [5, 5.41) is 0. The van der Waals surface area contributed by atoms with Gasteiger partial charge >= 0.3 is 0 Å². The Hall–Kier alpha value is -0.540. The van der Waals surface area contributed by atoms with Crippen LogP contribution in [0.5, 0.6) is 0 Å². The highest BCUT2D eigenvalue weighted by Crippen LogP contribution is 2.35. The summed E-state index contributed by atoms with van der Waals surface area (Å²) in [7, 11) is 0. The predicted molar refractivity (Wildman–Crippen MR) is 86.7 cm³/mol. The number of anilines is 1. The summed E-state index contributed by atoms with van der Waals surface area (Å²) in [4.78, 5) is 2.49. The van der Waals surface area contributed by atoms with Gasteiger partial charge in [-0.05, 0) is 65.2 Å². The first kappa shape index (κ1) is 14.9. The SMILES string of the molecule is CC(N)Cc1ccc(N2CCC(C)(C)CC2)c(Br)c1. The van der Waals surface area contributed by atoms with Crippen LogP contribution >= 0.6 is 15.9 Å². The molecule has 1 unspecified atom stereocenters. The van der Waals surface area contributed by atoms with Gasteiger partial charge in [0.1, 0.15) is 0 Å². The molecule has 1 aromatic rings. The van der Waals surface area contributed by atoms with Crippen LogP contribution in [-0.2, 0) is 6.42 Å². The molecular weight excluding hydrogens is 300 g/mol. The Morgan fingerprint density at radius 1 is 1.32 bits per heavy atom. The van der Waals surface area contributed by atoms with Crippen molar-refractivity contribution in [2.24, 2.45) is 11.1 Å². The van der Waals surface area contributed by atoms with Crippen LogP contribution in [0.3, 0.4) is 0 Å². The van der Waals surface area contributed by atoms with Gasteiger partial charge in [0.2, 0.25) is 0 Å². The van der Waals surface area contributed by atoms with Crippen LogP contribution in [0.4, 0.5) is 5.69 Å². The maximum Gasteiger partial charge on any atom is 0.0510 e. The molecular formula is C16H25BrN2. The van der Waals surface area contributed by atoms with E-state index in [9.17, 15) is 0 Å². The van der Waals surface area contributed by atoms with E-state index in [-0.39, 0.29) is 6.04 Å². The third-order valence-electron chi connectivity index (χ3n) is 4.03. The number of benzene rings is 1. The van der Waals surface area contributed by atoms with Crippen LogP contribution in [0.1, 0.15) is 39.2 Å². The van der Waals surface area contributed by atoms with E-state index >= 15 is 0 Å². The molecule has 1 aliphatic heterocycles. The average molecular weight is 325 g/mol. The van der Waals surface area contributed by atoms with E-state index in [0.29, 0.717) is 5.41 Å². The second-order valence-electron chi connectivity index (χ2n) is 6.62. The van der Waals surface area contributed by atoms with Gasteiger partial charge in [0.25, 0.3) is 0 Å². The lowest BCUT2D eigenvalue weighted by atomic mass is 9.82. The van der Waals surface area contributed by atoms with Crippen LogP contribution < -0.4 is 10.6 Å². The normalized spacial score (nSPS) is 20.4. The van der Waals surface area contributed by atoms with Crippen LogP contribution in [0.25, 0.3) is 0 Å². The van der Waals surface area contributed by atoms with Gasteiger partial charge in [0.15, 0.2) is 0 Å². The molecule has 2 N–H and O–H groups in total. The van der Waals surface area contributed by atoms with Crippen molar-refractivity contribution in [3.05, 3.63) is 28.2 Å². The first-order valence-corrected chi connectivity index (χ1v) is 7.96. The number of piperidine rings is 1. The third-order valence-corrected chi connectivity index (χ3v) is 4.66.